The van der Waals surface area contributed by atoms with E-state index in [-0.39, 0.29) is 43.2 Å². The van der Waals surface area contributed by atoms with Gasteiger partial charge in [-0.1, -0.05) is 0 Å². The second kappa shape index (κ2) is 8.79. The van der Waals surface area contributed by atoms with Gasteiger partial charge in [0, 0.05) is 11.3 Å². The number of amides is 3. The monoisotopic (exact) mass is 455 g/mol. The van der Waals surface area contributed by atoms with E-state index in [1.807, 2.05) is 0 Å². The highest BCUT2D eigenvalue weighted by Crippen LogP contribution is 2.38. The van der Waals surface area contributed by atoms with E-state index in [1.165, 1.54) is 4.90 Å². The van der Waals surface area contributed by atoms with E-state index in [1.54, 1.807) is 0 Å². The Morgan fingerprint density at radius 2 is 1.74 bits per heavy atom. The van der Waals surface area contributed by atoms with Gasteiger partial charge < -0.3 is 25.4 Å². The van der Waals surface area contributed by atoms with Gasteiger partial charge in [-0.15, -0.1) is 11.3 Å². The lowest BCUT2D eigenvalue weighted by Gasteiger charge is -2.34. The van der Waals surface area contributed by atoms with Crippen LogP contribution in [-0.2, 0) is 41.7 Å². The number of thiophene rings is 1. The molecule has 0 aromatic carbocycles. The smallest absolute Gasteiger partial charge is 0.394 e. The SMILES string of the molecule is O=C(O)CN1CC(=O)N(CC2Cc3c(sc(NC(=O)C(=O)O)c3C(=O)O)CO2)C(=O)C1. The van der Waals surface area contributed by atoms with Crippen molar-refractivity contribution in [3.8, 4) is 0 Å². The number of hydrogen-bond donors (Lipinski definition) is 4. The van der Waals surface area contributed by atoms with Crippen LogP contribution < -0.4 is 5.32 Å². The highest BCUT2D eigenvalue weighted by Gasteiger charge is 2.36. The molecule has 0 saturated carbocycles. The molecule has 3 heterocycles. The van der Waals surface area contributed by atoms with Crippen LogP contribution in [0.1, 0.15) is 20.8 Å². The van der Waals surface area contributed by atoms with Crippen molar-refractivity contribution in [1.29, 1.82) is 0 Å². The van der Waals surface area contributed by atoms with Crippen LogP contribution in [0.3, 0.4) is 0 Å². The number of rotatable bonds is 6. The number of carboxylic acids is 3. The number of nitrogens with one attached hydrogen (secondary N) is 1. The van der Waals surface area contributed by atoms with Gasteiger partial charge in [0.25, 0.3) is 0 Å². The van der Waals surface area contributed by atoms with E-state index in [0.29, 0.717) is 10.4 Å². The van der Waals surface area contributed by atoms with Crippen molar-refractivity contribution in [3.05, 3.63) is 16.0 Å². The summed E-state index contributed by atoms with van der Waals surface area (Å²) in [5.41, 5.74) is 0.0747. The fourth-order valence-electron chi connectivity index (χ4n) is 3.37. The maximum atomic E-state index is 12.3. The van der Waals surface area contributed by atoms with Gasteiger partial charge in [-0.2, -0.15) is 0 Å². The molecule has 0 bridgehead atoms. The molecule has 2 aliphatic rings. The number of carbonyl (C=O) groups excluding carboxylic acids is 3. The van der Waals surface area contributed by atoms with Gasteiger partial charge in [0.05, 0.1) is 44.5 Å². The van der Waals surface area contributed by atoms with Crippen molar-refractivity contribution >= 4 is 52.0 Å². The highest BCUT2D eigenvalue weighted by molar-refractivity contribution is 7.17. The summed E-state index contributed by atoms with van der Waals surface area (Å²) in [6, 6.07) is 0. The van der Waals surface area contributed by atoms with Gasteiger partial charge >= 0.3 is 23.8 Å². The molecule has 14 heteroatoms. The number of anilines is 1. The Labute approximate surface area is 177 Å². The van der Waals surface area contributed by atoms with Crippen LogP contribution in [0, 0.1) is 0 Å². The van der Waals surface area contributed by atoms with Crippen LogP contribution >= 0.6 is 11.3 Å². The molecule has 13 nitrogen and oxygen atoms in total. The summed E-state index contributed by atoms with van der Waals surface area (Å²) in [4.78, 5) is 71.9. The molecule has 2 aliphatic heterocycles. The number of fused-ring (bicyclic) bond motifs is 1. The maximum Gasteiger partial charge on any atom is 0.394 e. The largest absolute Gasteiger partial charge is 0.480 e. The number of nitrogens with zero attached hydrogens (tertiary/aromatic N) is 2. The third kappa shape index (κ3) is 4.87. The Morgan fingerprint density at radius 3 is 2.29 bits per heavy atom. The normalized spacial score (nSPS) is 19.1. The summed E-state index contributed by atoms with van der Waals surface area (Å²) in [5, 5.41) is 29.0. The summed E-state index contributed by atoms with van der Waals surface area (Å²) in [6.07, 6.45) is -0.700. The van der Waals surface area contributed by atoms with Crippen molar-refractivity contribution < 1.29 is 48.8 Å². The van der Waals surface area contributed by atoms with E-state index >= 15 is 0 Å². The molecule has 0 spiro atoms. The first-order chi connectivity index (χ1) is 14.6. The van der Waals surface area contributed by atoms with Crippen LogP contribution in [0.5, 0.6) is 0 Å². The molecule has 1 unspecified atom stereocenters. The number of piperazine rings is 1. The standard InChI is InChI=1S/C17H17N3O10S/c21-10-3-19(5-12(23)24)4-11(22)20(10)2-7-1-8-9(6-30-7)31-15(13(8)16(26)27)18-14(25)17(28)29/h7H,1-6H2,(H,18,25)(H,23,24)(H,26,27)(H,28,29). The van der Waals surface area contributed by atoms with Gasteiger partial charge in [0.1, 0.15) is 5.00 Å². The summed E-state index contributed by atoms with van der Waals surface area (Å²) < 4.78 is 5.63. The Balaban J connectivity index is 1.74. The third-order valence-corrected chi connectivity index (χ3v) is 5.79. The minimum Gasteiger partial charge on any atom is -0.480 e. The second-order valence-corrected chi connectivity index (χ2v) is 7.95. The predicted octanol–water partition coefficient (Wildman–Crippen LogP) is -1.33. The second-order valence-electron chi connectivity index (χ2n) is 6.85. The molecule has 1 aromatic rings. The quantitative estimate of drug-likeness (QED) is 0.293. The van der Waals surface area contributed by atoms with Crippen molar-refractivity contribution in [2.45, 2.75) is 19.1 Å². The van der Waals surface area contributed by atoms with Gasteiger partial charge in [-0.05, 0) is 5.56 Å². The Hall–Kier alpha value is -3.36. The Bertz CT molecular complexity index is 969. The number of hydrogen-bond acceptors (Lipinski definition) is 9. The molecular weight excluding hydrogens is 438 g/mol. The lowest BCUT2D eigenvalue weighted by Crippen LogP contribution is -2.57. The van der Waals surface area contributed by atoms with Gasteiger partial charge in [-0.3, -0.25) is 29.0 Å². The average Bonchev–Trinajstić information content (AvgIpc) is 3.01. The van der Waals surface area contributed by atoms with Crippen LogP contribution in [-0.4, -0.2) is 93.0 Å². The number of aliphatic carboxylic acids is 2. The molecule has 3 rings (SSSR count). The van der Waals surface area contributed by atoms with Crippen LogP contribution in [0.25, 0.3) is 0 Å². The van der Waals surface area contributed by atoms with Gasteiger partial charge in [-0.25, -0.2) is 9.59 Å². The summed E-state index contributed by atoms with van der Waals surface area (Å²) in [6.45, 7) is -1.14. The summed E-state index contributed by atoms with van der Waals surface area (Å²) in [7, 11) is 0. The molecule has 0 radical (unpaired) electrons. The third-order valence-electron chi connectivity index (χ3n) is 4.67. The molecule has 0 aliphatic carbocycles. The maximum absolute atomic E-state index is 12.3. The van der Waals surface area contributed by atoms with E-state index in [0.717, 1.165) is 16.2 Å². The first kappa shape index (κ1) is 22.3. The topological polar surface area (TPSA) is 191 Å². The van der Waals surface area contributed by atoms with E-state index in [2.05, 4.69) is 5.32 Å². The van der Waals surface area contributed by atoms with E-state index in [9.17, 15) is 33.9 Å². The molecule has 31 heavy (non-hydrogen) atoms. The van der Waals surface area contributed by atoms with Crippen LogP contribution in [0.4, 0.5) is 5.00 Å². The lowest BCUT2D eigenvalue weighted by atomic mass is 10.00. The molecule has 1 atom stereocenters. The number of carboxylic acid groups (broad SMARTS) is 3. The molecule has 3 amide bonds. The lowest BCUT2D eigenvalue weighted by molar-refractivity contribution is -0.155. The molecule has 4 N–H and O–H groups in total. The number of carbonyl (C=O) groups is 6. The minimum atomic E-state index is -1.77. The van der Waals surface area contributed by atoms with Crippen molar-refractivity contribution in [3.63, 3.8) is 0 Å². The molecule has 166 valence electrons. The fraction of sp³-hybridized carbons (Fsp3) is 0.412. The number of imide groups is 1. The summed E-state index contributed by atoms with van der Waals surface area (Å²) in [5.74, 6) is -6.87. The summed E-state index contributed by atoms with van der Waals surface area (Å²) >= 11 is 0.880. The zero-order valence-corrected chi connectivity index (χ0v) is 16.6. The first-order valence-electron chi connectivity index (χ1n) is 8.87. The van der Waals surface area contributed by atoms with Crippen molar-refractivity contribution in [2.24, 2.45) is 0 Å². The zero-order valence-electron chi connectivity index (χ0n) is 15.8. The van der Waals surface area contributed by atoms with Gasteiger partial charge in [0.15, 0.2) is 0 Å². The van der Waals surface area contributed by atoms with Crippen LogP contribution in [0.15, 0.2) is 0 Å². The molecule has 1 saturated heterocycles. The molecular formula is C17H17N3O10S. The van der Waals surface area contributed by atoms with Crippen LogP contribution in [0.2, 0.25) is 0 Å². The minimum absolute atomic E-state index is 0.0201. The predicted molar refractivity (Wildman–Crippen MR) is 101 cm³/mol. The van der Waals surface area contributed by atoms with E-state index in [4.69, 9.17) is 14.9 Å². The van der Waals surface area contributed by atoms with Gasteiger partial charge in [0.2, 0.25) is 11.8 Å². The Kier molecular flexibility index (Phi) is 6.33. The molecule has 1 fully saturated rings. The first-order valence-corrected chi connectivity index (χ1v) is 9.69. The molecule has 1 aromatic heterocycles. The highest BCUT2D eigenvalue weighted by atomic mass is 32.1. The zero-order chi connectivity index (χ0) is 22.9. The van der Waals surface area contributed by atoms with Crippen molar-refractivity contribution in [1.82, 2.24) is 9.80 Å². The average molecular weight is 455 g/mol. The fourth-order valence-corrected chi connectivity index (χ4v) is 4.51. The Morgan fingerprint density at radius 1 is 1.10 bits per heavy atom. The van der Waals surface area contributed by atoms with Crippen molar-refractivity contribution in [2.75, 3.05) is 31.5 Å². The number of aromatic carboxylic acids is 1. The van der Waals surface area contributed by atoms with E-state index < -0.39 is 48.3 Å². The number of ether oxygens (including phenoxy) is 1.